The minimum absolute atomic E-state index is 0.00779. The first-order chi connectivity index (χ1) is 9.50. The monoisotopic (exact) mass is 297 g/mol. The number of hydrogen-bond donors (Lipinski definition) is 1. The summed E-state index contributed by atoms with van der Waals surface area (Å²) in [5.41, 5.74) is 1.19. The quantitative estimate of drug-likeness (QED) is 0.749. The molecule has 1 rings (SSSR count). The van der Waals surface area contributed by atoms with Crippen LogP contribution in [0.4, 0.5) is 4.79 Å². The van der Waals surface area contributed by atoms with Crippen molar-refractivity contribution in [1.29, 1.82) is 0 Å². The highest BCUT2D eigenvalue weighted by molar-refractivity contribution is 7.07. The number of thiophene rings is 1. The van der Waals surface area contributed by atoms with Gasteiger partial charge >= 0.3 is 6.03 Å². The fourth-order valence-corrected chi connectivity index (χ4v) is 2.46. The van der Waals surface area contributed by atoms with Crippen LogP contribution in [0.25, 0.3) is 0 Å². The van der Waals surface area contributed by atoms with E-state index in [0.29, 0.717) is 12.6 Å². The van der Waals surface area contributed by atoms with E-state index in [0.717, 1.165) is 25.9 Å². The summed E-state index contributed by atoms with van der Waals surface area (Å²) < 4.78 is 0. The minimum atomic E-state index is 0.00779. The Balaban J connectivity index is 2.10. The van der Waals surface area contributed by atoms with Gasteiger partial charge in [0.05, 0.1) is 0 Å². The number of urea groups is 1. The molecule has 0 aliphatic rings. The fourth-order valence-electron chi connectivity index (χ4n) is 1.80. The van der Waals surface area contributed by atoms with Gasteiger partial charge in [0.25, 0.3) is 0 Å². The van der Waals surface area contributed by atoms with E-state index >= 15 is 0 Å². The van der Waals surface area contributed by atoms with Crippen molar-refractivity contribution < 1.29 is 4.79 Å². The lowest BCUT2D eigenvalue weighted by Crippen LogP contribution is -2.37. The van der Waals surface area contributed by atoms with Gasteiger partial charge in [-0.05, 0) is 62.7 Å². The average molecular weight is 297 g/mol. The number of carbonyl (C=O) groups is 1. The van der Waals surface area contributed by atoms with E-state index in [9.17, 15) is 4.79 Å². The number of carbonyl (C=O) groups excluding carboxylic acids is 1. The first-order valence-corrected chi connectivity index (χ1v) is 8.15. The van der Waals surface area contributed by atoms with Gasteiger partial charge in [-0.3, -0.25) is 0 Å². The molecule has 5 heteroatoms. The van der Waals surface area contributed by atoms with Crippen molar-refractivity contribution in [1.82, 2.24) is 15.1 Å². The van der Waals surface area contributed by atoms with Crippen molar-refractivity contribution in [2.75, 3.05) is 27.2 Å². The third-order valence-corrected chi connectivity index (χ3v) is 4.17. The van der Waals surface area contributed by atoms with Gasteiger partial charge in [-0.1, -0.05) is 0 Å². The molecule has 1 N–H and O–H groups in total. The van der Waals surface area contributed by atoms with E-state index in [-0.39, 0.29) is 6.03 Å². The van der Waals surface area contributed by atoms with Gasteiger partial charge in [-0.2, -0.15) is 11.3 Å². The van der Waals surface area contributed by atoms with Crippen molar-refractivity contribution >= 4 is 17.4 Å². The molecule has 114 valence electrons. The van der Waals surface area contributed by atoms with Gasteiger partial charge in [0.15, 0.2) is 0 Å². The van der Waals surface area contributed by atoms with Crippen LogP contribution in [0.2, 0.25) is 0 Å². The average Bonchev–Trinajstić information content (AvgIpc) is 2.90. The maximum atomic E-state index is 11.9. The largest absolute Gasteiger partial charge is 0.338 e. The van der Waals surface area contributed by atoms with Crippen LogP contribution in [0.15, 0.2) is 16.8 Å². The molecule has 0 saturated carbocycles. The molecule has 0 saturated heterocycles. The van der Waals surface area contributed by atoms with Gasteiger partial charge in [0.2, 0.25) is 0 Å². The molecule has 0 unspecified atom stereocenters. The highest BCUT2D eigenvalue weighted by Crippen LogP contribution is 2.08. The standard InChI is InChI=1S/C15H27N3OS/c1-13(2)17(3)9-6-5-8-16-15(19)18(4)11-14-7-10-20-12-14/h7,10,12-13H,5-6,8-9,11H2,1-4H3,(H,16,19). The fraction of sp³-hybridized carbons (Fsp3) is 0.667. The van der Waals surface area contributed by atoms with E-state index in [1.165, 1.54) is 5.56 Å². The van der Waals surface area contributed by atoms with E-state index in [2.05, 4.69) is 42.6 Å². The summed E-state index contributed by atoms with van der Waals surface area (Å²) in [6.07, 6.45) is 2.14. The molecule has 1 aromatic heterocycles. The predicted octanol–water partition coefficient (Wildman–Crippen LogP) is 3.01. The molecule has 1 heterocycles. The predicted molar refractivity (Wildman–Crippen MR) is 86.2 cm³/mol. The molecular formula is C15H27N3OS. The Morgan fingerprint density at radius 1 is 1.35 bits per heavy atom. The number of amides is 2. The molecule has 2 amide bonds. The SMILES string of the molecule is CC(C)N(C)CCCCNC(=O)N(C)Cc1ccsc1. The molecule has 0 aromatic carbocycles. The van der Waals surface area contributed by atoms with Crippen LogP contribution in [0.5, 0.6) is 0 Å². The third-order valence-electron chi connectivity index (χ3n) is 3.44. The Hall–Kier alpha value is -1.07. The number of unbranched alkanes of at least 4 members (excludes halogenated alkanes) is 1. The topological polar surface area (TPSA) is 35.6 Å². The Bertz CT molecular complexity index is 378. The molecular weight excluding hydrogens is 270 g/mol. The first kappa shape index (κ1) is 17.0. The highest BCUT2D eigenvalue weighted by atomic mass is 32.1. The lowest BCUT2D eigenvalue weighted by Gasteiger charge is -2.21. The van der Waals surface area contributed by atoms with Gasteiger partial charge in [-0.15, -0.1) is 0 Å². The van der Waals surface area contributed by atoms with Crippen LogP contribution >= 0.6 is 11.3 Å². The molecule has 0 fully saturated rings. The zero-order valence-corrected chi connectivity index (χ0v) is 13.9. The van der Waals surface area contributed by atoms with Crippen LogP contribution in [0.3, 0.4) is 0 Å². The summed E-state index contributed by atoms with van der Waals surface area (Å²) >= 11 is 1.66. The van der Waals surface area contributed by atoms with Crippen molar-refractivity contribution in [3.8, 4) is 0 Å². The summed E-state index contributed by atoms with van der Waals surface area (Å²) in [4.78, 5) is 15.9. The summed E-state index contributed by atoms with van der Waals surface area (Å²) in [5.74, 6) is 0. The Morgan fingerprint density at radius 2 is 2.10 bits per heavy atom. The number of rotatable bonds is 8. The second-order valence-corrected chi connectivity index (χ2v) is 6.28. The normalized spacial score (nSPS) is 11.1. The Labute approximate surface area is 126 Å². The molecule has 20 heavy (non-hydrogen) atoms. The second-order valence-electron chi connectivity index (χ2n) is 5.50. The molecule has 4 nitrogen and oxygen atoms in total. The van der Waals surface area contributed by atoms with E-state index in [1.807, 2.05) is 12.4 Å². The maximum Gasteiger partial charge on any atom is 0.317 e. The lowest BCUT2D eigenvalue weighted by molar-refractivity contribution is 0.206. The van der Waals surface area contributed by atoms with Crippen LogP contribution in [-0.2, 0) is 6.54 Å². The van der Waals surface area contributed by atoms with Gasteiger partial charge < -0.3 is 15.1 Å². The molecule has 0 spiro atoms. The van der Waals surface area contributed by atoms with E-state index < -0.39 is 0 Å². The van der Waals surface area contributed by atoms with Crippen LogP contribution in [0, 0.1) is 0 Å². The van der Waals surface area contributed by atoms with E-state index in [4.69, 9.17) is 0 Å². The zero-order valence-electron chi connectivity index (χ0n) is 13.1. The van der Waals surface area contributed by atoms with Gasteiger partial charge in [0, 0.05) is 26.2 Å². The summed E-state index contributed by atoms with van der Waals surface area (Å²) in [6, 6.07) is 2.64. The van der Waals surface area contributed by atoms with Crippen LogP contribution < -0.4 is 5.32 Å². The molecule has 0 radical (unpaired) electrons. The number of nitrogens with one attached hydrogen (secondary N) is 1. The van der Waals surface area contributed by atoms with Crippen molar-refractivity contribution in [2.24, 2.45) is 0 Å². The van der Waals surface area contributed by atoms with E-state index in [1.54, 1.807) is 16.2 Å². The first-order valence-electron chi connectivity index (χ1n) is 7.21. The summed E-state index contributed by atoms with van der Waals surface area (Å²) in [7, 11) is 3.97. The van der Waals surface area contributed by atoms with Crippen LogP contribution in [0.1, 0.15) is 32.3 Å². The molecule has 0 aliphatic heterocycles. The Kier molecular flexibility index (Phi) is 7.62. The van der Waals surface area contributed by atoms with Gasteiger partial charge in [-0.25, -0.2) is 4.79 Å². The molecule has 1 aromatic rings. The second kappa shape index (κ2) is 8.97. The highest BCUT2D eigenvalue weighted by Gasteiger charge is 2.08. The Morgan fingerprint density at radius 3 is 2.70 bits per heavy atom. The van der Waals surface area contributed by atoms with Crippen molar-refractivity contribution in [2.45, 2.75) is 39.3 Å². The van der Waals surface area contributed by atoms with Crippen LogP contribution in [-0.4, -0.2) is 49.1 Å². The maximum absolute atomic E-state index is 11.9. The van der Waals surface area contributed by atoms with Crippen molar-refractivity contribution in [3.05, 3.63) is 22.4 Å². The lowest BCUT2D eigenvalue weighted by atomic mass is 10.2. The minimum Gasteiger partial charge on any atom is -0.338 e. The smallest absolute Gasteiger partial charge is 0.317 e. The number of hydrogen-bond acceptors (Lipinski definition) is 3. The number of nitrogens with zero attached hydrogens (tertiary/aromatic N) is 2. The van der Waals surface area contributed by atoms with Gasteiger partial charge in [0.1, 0.15) is 0 Å². The van der Waals surface area contributed by atoms with Crippen molar-refractivity contribution in [3.63, 3.8) is 0 Å². The third kappa shape index (κ3) is 6.39. The molecule has 0 bridgehead atoms. The molecule has 0 atom stereocenters. The summed E-state index contributed by atoms with van der Waals surface area (Å²) in [5, 5.41) is 7.08. The molecule has 0 aliphatic carbocycles. The summed E-state index contributed by atoms with van der Waals surface area (Å²) in [6.45, 7) is 6.89. The zero-order chi connectivity index (χ0) is 15.0.